The van der Waals surface area contributed by atoms with E-state index in [0.717, 1.165) is 37.1 Å². The average molecular weight is 442 g/mol. The van der Waals surface area contributed by atoms with Gasteiger partial charge in [0.25, 0.3) is 10.0 Å². The Morgan fingerprint density at radius 2 is 1.63 bits per heavy atom. The van der Waals surface area contributed by atoms with Crippen LogP contribution >= 0.6 is 11.3 Å². The molecule has 1 N–H and O–H groups in total. The number of thiazole rings is 1. The van der Waals surface area contributed by atoms with Crippen LogP contribution in [-0.4, -0.2) is 37.3 Å². The SMILES string of the molecule is O=C(Cc1csc(NS(=O)(=O)c2ccc(-c3ccccc3)cc2)n1)N1CCCCC1. The third-order valence-corrected chi connectivity index (χ3v) is 7.38. The third-order valence-electron chi connectivity index (χ3n) is 5.09. The molecule has 0 aliphatic carbocycles. The number of hydrogen-bond acceptors (Lipinski definition) is 5. The lowest BCUT2D eigenvalue weighted by atomic mass is 10.1. The molecule has 3 aromatic rings. The molecule has 2 aromatic carbocycles. The summed E-state index contributed by atoms with van der Waals surface area (Å²) in [7, 11) is -3.75. The van der Waals surface area contributed by atoms with E-state index in [1.54, 1.807) is 29.6 Å². The van der Waals surface area contributed by atoms with Crippen molar-refractivity contribution in [1.82, 2.24) is 9.88 Å². The lowest BCUT2D eigenvalue weighted by Crippen LogP contribution is -2.36. The molecule has 2 heterocycles. The molecule has 6 nitrogen and oxygen atoms in total. The van der Waals surface area contributed by atoms with Crippen molar-refractivity contribution in [2.45, 2.75) is 30.6 Å². The van der Waals surface area contributed by atoms with Crippen molar-refractivity contribution in [2.24, 2.45) is 0 Å². The number of nitrogens with zero attached hydrogens (tertiary/aromatic N) is 2. The van der Waals surface area contributed by atoms with Gasteiger partial charge in [0, 0.05) is 18.5 Å². The Kier molecular flexibility index (Phi) is 6.15. The number of anilines is 1. The largest absolute Gasteiger partial charge is 0.342 e. The molecular weight excluding hydrogens is 418 g/mol. The Morgan fingerprint density at radius 1 is 0.967 bits per heavy atom. The summed E-state index contributed by atoms with van der Waals surface area (Å²) in [6.07, 6.45) is 3.44. The lowest BCUT2D eigenvalue weighted by Gasteiger charge is -2.26. The van der Waals surface area contributed by atoms with Gasteiger partial charge in [-0.05, 0) is 42.5 Å². The topological polar surface area (TPSA) is 79.4 Å². The van der Waals surface area contributed by atoms with E-state index in [9.17, 15) is 13.2 Å². The van der Waals surface area contributed by atoms with Crippen LogP contribution in [0.25, 0.3) is 11.1 Å². The fourth-order valence-corrected chi connectivity index (χ4v) is 5.44. The molecule has 0 spiro atoms. The van der Waals surface area contributed by atoms with Gasteiger partial charge < -0.3 is 4.90 Å². The summed E-state index contributed by atoms with van der Waals surface area (Å²) in [5.74, 6) is 0.0471. The van der Waals surface area contributed by atoms with Crippen LogP contribution in [0.15, 0.2) is 64.9 Å². The summed E-state index contributed by atoms with van der Waals surface area (Å²) in [6, 6.07) is 16.5. The first-order chi connectivity index (χ1) is 14.5. The quantitative estimate of drug-likeness (QED) is 0.623. The van der Waals surface area contributed by atoms with E-state index in [-0.39, 0.29) is 22.4 Å². The number of likely N-dealkylation sites (tertiary alicyclic amines) is 1. The Labute approximate surface area is 180 Å². The van der Waals surface area contributed by atoms with E-state index >= 15 is 0 Å². The molecule has 0 unspecified atom stereocenters. The molecule has 0 bridgehead atoms. The molecule has 1 amide bonds. The highest BCUT2D eigenvalue weighted by Crippen LogP contribution is 2.24. The molecule has 4 rings (SSSR count). The lowest BCUT2D eigenvalue weighted by molar-refractivity contribution is -0.131. The molecule has 1 fully saturated rings. The van der Waals surface area contributed by atoms with E-state index in [1.165, 1.54) is 17.8 Å². The first kappa shape index (κ1) is 20.6. The smallest absolute Gasteiger partial charge is 0.263 e. The van der Waals surface area contributed by atoms with Gasteiger partial charge in [0.15, 0.2) is 5.13 Å². The van der Waals surface area contributed by atoms with Crippen LogP contribution in [0.5, 0.6) is 0 Å². The Morgan fingerprint density at radius 3 is 2.33 bits per heavy atom. The minimum Gasteiger partial charge on any atom is -0.342 e. The van der Waals surface area contributed by atoms with E-state index < -0.39 is 10.0 Å². The van der Waals surface area contributed by atoms with Crippen LogP contribution in [0.2, 0.25) is 0 Å². The zero-order valence-corrected chi connectivity index (χ0v) is 18.1. The van der Waals surface area contributed by atoms with Gasteiger partial charge in [0.1, 0.15) is 0 Å². The molecule has 1 aliphatic rings. The van der Waals surface area contributed by atoms with Crippen LogP contribution in [-0.2, 0) is 21.2 Å². The normalized spacial score (nSPS) is 14.5. The predicted octanol–water partition coefficient (Wildman–Crippen LogP) is 4.17. The van der Waals surface area contributed by atoms with Gasteiger partial charge in [0.05, 0.1) is 17.0 Å². The third kappa shape index (κ3) is 4.88. The number of aromatic nitrogens is 1. The number of amides is 1. The van der Waals surface area contributed by atoms with Gasteiger partial charge in [-0.2, -0.15) is 0 Å². The Balaban J connectivity index is 1.41. The van der Waals surface area contributed by atoms with E-state index in [0.29, 0.717) is 5.69 Å². The minimum absolute atomic E-state index is 0.0471. The fourth-order valence-electron chi connectivity index (χ4n) is 3.48. The second-order valence-electron chi connectivity index (χ2n) is 7.26. The van der Waals surface area contributed by atoms with Crippen LogP contribution < -0.4 is 4.72 Å². The minimum atomic E-state index is -3.75. The van der Waals surface area contributed by atoms with E-state index in [1.807, 2.05) is 35.2 Å². The van der Waals surface area contributed by atoms with Gasteiger partial charge in [0.2, 0.25) is 5.91 Å². The van der Waals surface area contributed by atoms with E-state index in [4.69, 9.17) is 0 Å². The number of sulfonamides is 1. The van der Waals surface area contributed by atoms with Crippen LogP contribution in [0.3, 0.4) is 0 Å². The van der Waals surface area contributed by atoms with Crippen molar-refractivity contribution in [2.75, 3.05) is 17.8 Å². The van der Waals surface area contributed by atoms with Crippen molar-refractivity contribution in [3.05, 3.63) is 65.7 Å². The van der Waals surface area contributed by atoms with Crippen molar-refractivity contribution in [3.63, 3.8) is 0 Å². The molecule has 0 atom stereocenters. The number of piperidine rings is 1. The summed E-state index contributed by atoms with van der Waals surface area (Å²) in [6.45, 7) is 1.59. The Hall–Kier alpha value is -2.71. The molecule has 156 valence electrons. The van der Waals surface area contributed by atoms with Crippen LogP contribution in [0.1, 0.15) is 25.0 Å². The Bertz CT molecular complexity index is 1100. The second kappa shape index (κ2) is 8.97. The molecule has 0 radical (unpaired) electrons. The maximum atomic E-state index is 12.7. The van der Waals surface area contributed by atoms with Gasteiger partial charge in [-0.3, -0.25) is 9.52 Å². The zero-order valence-electron chi connectivity index (χ0n) is 16.5. The second-order valence-corrected chi connectivity index (χ2v) is 9.80. The van der Waals surface area contributed by atoms with Crippen molar-refractivity contribution in [3.8, 4) is 11.1 Å². The summed E-state index contributed by atoms with van der Waals surface area (Å²) >= 11 is 1.19. The number of hydrogen-bond donors (Lipinski definition) is 1. The first-order valence-electron chi connectivity index (χ1n) is 9.92. The van der Waals surface area contributed by atoms with Gasteiger partial charge in [-0.25, -0.2) is 13.4 Å². The summed E-state index contributed by atoms with van der Waals surface area (Å²) < 4.78 is 27.9. The number of nitrogens with one attached hydrogen (secondary N) is 1. The molecule has 30 heavy (non-hydrogen) atoms. The number of benzene rings is 2. The predicted molar refractivity (Wildman–Crippen MR) is 119 cm³/mol. The number of carbonyl (C=O) groups is 1. The zero-order chi connectivity index (χ0) is 21.0. The maximum Gasteiger partial charge on any atom is 0.263 e. The average Bonchev–Trinajstić information content (AvgIpc) is 3.21. The monoisotopic (exact) mass is 441 g/mol. The van der Waals surface area contributed by atoms with Crippen molar-refractivity contribution in [1.29, 1.82) is 0 Å². The molecule has 1 aliphatic heterocycles. The molecule has 8 heteroatoms. The highest BCUT2D eigenvalue weighted by Gasteiger charge is 2.20. The molecule has 0 saturated carbocycles. The highest BCUT2D eigenvalue weighted by atomic mass is 32.2. The van der Waals surface area contributed by atoms with Gasteiger partial charge >= 0.3 is 0 Å². The summed E-state index contributed by atoms with van der Waals surface area (Å²) in [5, 5.41) is 2.00. The number of carbonyl (C=O) groups excluding carboxylic acids is 1. The highest BCUT2D eigenvalue weighted by molar-refractivity contribution is 7.93. The first-order valence-corrected chi connectivity index (χ1v) is 12.3. The maximum absolute atomic E-state index is 12.7. The van der Waals surface area contributed by atoms with Gasteiger partial charge in [-0.1, -0.05) is 42.5 Å². The standard InChI is InChI=1S/C22H23N3O3S2/c26-21(25-13-5-2-6-14-25)15-19-16-29-22(23-19)24-30(27,28)20-11-9-18(10-12-20)17-7-3-1-4-8-17/h1,3-4,7-12,16H,2,5-6,13-15H2,(H,23,24). The van der Waals surface area contributed by atoms with Crippen LogP contribution in [0.4, 0.5) is 5.13 Å². The fraction of sp³-hybridized carbons (Fsp3) is 0.273. The van der Waals surface area contributed by atoms with E-state index in [2.05, 4.69) is 9.71 Å². The van der Waals surface area contributed by atoms with Crippen molar-refractivity contribution < 1.29 is 13.2 Å². The number of rotatable bonds is 6. The van der Waals surface area contributed by atoms with Crippen molar-refractivity contribution >= 4 is 32.4 Å². The van der Waals surface area contributed by atoms with Gasteiger partial charge in [-0.15, -0.1) is 11.3 Å². The molecular formula is C22H23N3O3S2. The summed E-state index contributed by atoms with van der Waals surface area (Å²) in [5.41, 5.74) is 2.56. The summed E-state index contributed by atoms with van der Waals surface area (Å²) in [4.78, 5) is 18.7. The molecule has 1 saturated heterocycles. The molecule has 1 aromatic heterocycles. The van der Waals surface area contributed by atoms with Crippen LogP contribution in [0, 0.1) is 0 Å².